The fourth-order valence-electron chi connectivity index (χ4n) is 1.75. The summed E-state index contributed by atoms with van der Waals surface area (Å²) in [6.45, 7) is 2.63. The van der Waals surface area contributed by atoms with Crippen molar-refractivity contribution in [3.63, 3.8) is 0 Å². The highest BCUT2D eigenvalue weighted by atomic mass is 35.5. The number of carbonyl (C=O) groups is 3. The van der Waals surface area contributed by atoms with Crippen LogP contribution >= 0.6 is 11.6 Å². The van der Waals surface area contributed by atoms with Gasteiger partial charge in [-0.3, -0.25) is 9.59 Å². The molecule has 0 bridgehead atoms. The number of rotatable bonds is 8. The van der Waals surface area contributed by atoms with Gasteiger partial charge in [-0.1, -0.05) is 18.5 Å². The van der Waals surface area contributed by atoms with Crippen LogP contribution in [-0.4, -0.2) is 42.1 Å². The maximum Gasteiger partial charge on any atom is 0.329 e. The monoisotopic (exact) mass is 358 g/mol. The molecule has 0 aliphatic heterocycles. The Kier molecular flexibility index (Phi) is 6.42. The maximum absolute atomic E-state index is 12.3. The Morgan fingerprint density at radius 1 is 1.38 bits per heavy atom. The highest BCUT2D eigenvalue weighted by Gasteiger charge is 2.33. The van der Waals surface area contributed by atoms with Gasteiger partial charge in [-0.15, -0.1) is 0 Å². The second-order valence-electron chi connectivity index (χ2n) is 5.19. The average Bonchev–Trinajstić information content (AvgIpc) is 2.52. The Hall–Kier alpha value is -2.48. The maximum atomic E-state index is 12.3. The van der Waals surface area contributed by atoms with Crippen molar-refractivity contribution in [1.82, 2.24) is 5.32 Å². The first kappa shape index (κ1) is 19.6. The predicted molar refractivity (Wildman–Crippen MR) is 86.5 cm³/mol. The first-order valence-electron chi connectivity index (χ1n) is 6.99. The lowest BCUT2D eigenvalue weighted by atomic mass is 9.98. The van der Waals surface area contributed by atoms with Crippen LogP contribution in [0.4, 0.5) is 0 Å². The highest BCUT2D eigenvalue weighted by Crippen LogP contribution is 2.36. The molecule has 1 unspecified atom stereocenters. The van der Waals surface area contributed by atoms with Crippen molar-refractivity contribution in [3.8, 4) is 11.5 Å². The van der Waals surface area contributed by atoms with Gasteiger partial charge in [-0.25, -0.2) is 4.79 Å². The lowest BCUT2D eigenvalue weighted by Crippen LogP contribution is -2.51. The largest absolute Gasteiger partial charge is 0.493 e. The van der Waals surface area contributed by atoms with Crippen LogP contribution in [0.2, 0.25) is 5.02 Å². The lowest BCUT2D eigenvalue weighted by Gasteiger charge is -2.24. The van der Waals surface area contributed by atoms with Crippen LogP contribution < -0.4 is 20.5 Å². The number of hydrogen-bond donors (Lipinski definition) is 3. The molecular formula is C15H19ClN2O6. The van der Waals surface area contributed by atoms with Crippen LogP contribution in [0, 0.1) is 0 Å². The zero-order valence-electron chi connectivity index (χ0n) is 13.5. The van der Waals surface area contributed by atoms with Crippen molar-refractivity contribution in [2.45, 2.75) is 25.8 Å². The summed E-state index contributed by atoms with van der Waals surface area (Å²) in [4.78, 5) is 34.4. The molecule has 1 rings (SSSR count). The zero-order valence-corrected chi connectivity index (χ0v) is 14.3. The van der Waals surface area contributed by atoms with E-state index in [0.29, 0.717) is 0 Å². The molecule has 0 radical (unpaired) electrons. The minimum atomic E-state index is -1.42. The standard InChI is InChI=1S/C15H19ClN2O6/c1-4-15(2,14(21)22)18-13(20)8-5-9(16)12(10(6-8)23-3)24-7-11(17)19/h5-6H,4,7H2,1-3H3,(H2,17,19)(H,18,20)(H,21,22). The molecule has 1 aromatic carbocycles. The summed E-state index contributed by atoms with van der Waals surface area (Å²) in [7, 11) is 1.33. The highest BCUT2D eigenvalue weighted by molar-refractivity contribution is 6.32. The Morgan fingerprint density at radius 3 is 2.46 bits per heavy atom. The molecule has 8 nitrogen and oxygen atoms in total. The van der Waals surface area contributed by atoms with Gasteiger partial charge in [-0.2, -0.15) is 0 Å². The number of carbonyl (C=O) groups excluding carboxylic acids is 2. The van der Waals surface area contributed by atoms with Gasteiger partial charge in [-0.05, 0) is 25.5 Å². The van der Waals surface area contributed by atoms with E-state index in [2.05, 4.69) is 5.32 Å². The molecule has 0 saturated carbocycles. The minimum absolute atomic E-state index is 0.0225. The van der Waals surface area contributed by atoms with E-state index in [4.69, 9.17) is 26.8 Å². The molecule has 1 aromatic rings. The van der Waals surface area contributed by atoms with E-state index in [1.54, 1.807) is 6.92 Å². The Labute approximate surface area is 143 Å². The average molecular weight is 359 g/mol. The summed E-state index contributed by atoms with van der Waals surface area (Å²) in [6, 6.07) is 2.61. The first-order valence-corrected chi connectivity index (χ1v) is 7.37. The number of halogens is 1. The summed E-state index contributed by atoms with van der Waals surface area (Å²) < 4.78 is 10.3. The molecule has 0 saturated heterocycles. The molecule has 9 heteroatoms. The number of aliphatic carboxylic acids is 1. The summed E-state index contributed by atoms with van der Waals surface area (Å²) in [6.07, 6.45) is 0.193. The number of primary amides is 1. The van der Waals surface area contributed by atoms with Gasteiger partial charge in [0.15, 0.2) is 18.1 Å². The van der Waals surface area contributed by atoms with Crippen LogP contribution in [0.5, 0.6) is 11.5 Å². The number of carboxylic acid groups (broad SMARTS) is 1. The number of benzene rings is 1. The van der Waals surface area contributed by atoms with Crippen molar-refractivity contribution in [2.75, 3.05) is 13.7 Å². The number of ether oxygens (including phenoxy) is 2. The molecule has 0 fully saturated rings. The SMILES string of the molecule is CCC(C)(NC(=O)c1cc(Cl)c(OCC(N)=O)c(OC)c1)C(=O)O. The molecule has 0 heterocycles. The summed E-state index contributed by atoms with van der Waals surface area (Å²) in [5.41, 5.74) is 3.67. The van der Waals surface area contributed by atoms with E-state index in [1.807, 2.05) is 0 Å². The molecule has 24 heavy (non-hydrogen) atoms. The van der Waals surface area contributed by atoms with Gasteiger partial charge in [0.2, 0.25) is 0 Å². The van der Waals surface area contributed by atoms with Gasteiger partial charge < -0.3 is 25.6 Å². The van der Waals surface area contributed by atoms with Gasteiger partial charge in [0.25, 0.3) is 11.8 Å². The number of amides is 2. The Balaban J connectivity index is 3.13. The van der Waals surface area contributed by atoms with Crippen LogP contribution in [0.25, 0.3) is 0 Å². The third kappa shape index (κ3) is 4.51. The van der Waals surface area contributed by atoms with Gasteiger partial charge in [0, 0.05) is 5.56 Å². The summed E-state index contributed by atoms with van der Waals surface area (Å²) >= 11 is 6.06. The van der Waals surface area contributed by atoms with Crippen molar-refractivity contribution in [3.05, 3.63) is 22.7 Å². The fourth-order valence-corrected chi connectivity index (χ4v) is 2.02. The topological polar surface area (TPSA) is 128 Å². The summed E-state index contributed by atoms with van der Waals surface area (Å²) in [5, 5.41) is 11.7. The minimum Gasteiger partial charge on any atom is -0.493 e. The van der Waals surface area contributed by atoms with E-state index in [9.17, 15) is 19.5 Å². The third-order valence-corrected chi connectivity index (χ3v) is 3.70. The van der Waals surface area contributed by atoms with Crippen molar-refractivity contribution < 1.29 is 29.0 Å². The molecule has 2 amide bonds. The van der Waals surface area contributed by atoms with Crippen molar-refractivity contribution in [2.24, 2.45) is 5.73 Å². The molecule has 0 aromatic heterocycles. The Bertz CT molecular complexity index is 664. The van der Waals surface area contributed by atoms with Crippen LogP contribution in [0.15, 0.2) is 12.1 Å². The first-order chi connectivity index (χ1) is 11.1. The van der Waals surface area contributed by atoms with Crippen molar-refractivity contribution >= 4 is 29.4 Å². The van der Waals surface area contributed by atoms with E-state index >= 15 is 0 Å². The number of hydrogen-bond acceptors (Lipinski definition) is 5. The smallest absolute Gasteiger partial charge is 0.329 e. The molecule has 132 valence electrons. The number of nitrogens with two attached hydrogens (primary N) is 1. The van der Waals surface area contributed by atoms with Crippen molar-refractivity contribution in [1.29, 1.82) is 0 Å². The molecule has 0 spiro atoms. The second kappa shape index (κ2) is 7.87. The normalized spacial score (nSPS) is 12.8. The van der Waals surface area contributed by atoms with Gasteiger partial charge in [0.1, 0.15) is 5.54 Å². The van der Waals surface area contributed by atoms with E-state index < -0.39 is 29.9 Å². The summed E-state index contributed by atoms with van der Waals surface area (Å²) in [5.74, 6) is -2.32. The van der Waals surface area contributed by atoms with E-state index in [1.165, 1.54) is 26.2 Å². The second-order valence-corrected chi connectivity index (χ2v) is 5.60. The zero-order chi connectivity index (χ0) is 18.5. The molecule has 1 atom stereocenters. The fraction of sp³-hybridized carbons (Fsp3) is 0.400. The number of nitrogens with one attached hydrogen (secondary N) is 1. The molecular weight excluding hydrogens is 340 g/mol. The molecule has 0 aliphatic rings. The van der Waals surface area contributed by atoms with Gasteiger partial charge >= 0.3 is 5.97 Å². The molecule has 4 N–H and O–H groups in total. The quantitative estimate of drug-likeness (QED) is 0.640. The van der Waals surface area contributed by atoms with Gasteiger partial charge in [0.05, 0.1) is 12.1 Å². The third-order valence-electron chi connectivity index (χ3n) is 3.42. The van der Waals surface area contributed by atoms with Crippen LogP contribution in [0.1, 0.15) is 30.6 Å². The van der Waals surface area contributed by atoms with Crippen LogP contribution in [0.3, 0.4) is 0 Å². The lowest BCUT2D eigenvalue weighted by molar-refractivity contribution is -0.143. The van der Waals surface area contributed by atoms with Crippen LogP contribution in [-0.2, 0) is 9.59 Å². The molecule has 0 aliphatic carbocycles. The number of methoxy groups -OCH3 is 1. The van der Waals surface area contributed by atoms with E-state index in [0.717, 1.165) is 0 Å². The number of carboxylic acids is 1. The predicted octanol–water partition coefficient (Wildman–Crippen LogP) is 1.20. The Morgan fingerprint density at radius 2 is 2.00 bits per heavy atom. The van der Waals surface area contributed by atoms with E-state index in [-0.39, 0.29) is 28.5 Å².